The second-order valence-corrected chi connectivity index (χ2v) is 19.6. The lowest BCUT2D eigenvalue weighted by molar-refractivity contribution is -0.140. The first-order valence-corrected chi connectivity index (χ1v) is 23.5. The van der Waals surface area contributed by atoms with Crippen LogP contribution in [0.15, 0.2) is 59.4 Å². The van der Waals surface area contributed by atoms with Crippen molar-refractivity contribution in [3.05, 3.63) is 98.1 Å². The maximum atomic E-state index is 13.1. The number of carbonyl (C=O) groups excluding carboxylic acids is 3. The van der Waals surface area contributed by atoms with E-state index in [2.05, 4.69) is 51.0 Å². The van der Waals surface area contributed by atoms with Gasteiger partial charge in [-0.1, -0.05) is 80.5 Å². The van der Waals surface area contributed by atoms with Crippen molar-refractivity contribution >= 4 is 40.2 Å². The van der Waals surface area contributed by atoms with Crippen LogP contribution in [0.2, 0.25) is 5.02 Å². The van der Waals surface area contributed by atoms with Crippen LogP contribution < -0.4 is 15.6 Å². The third-order valence-corrected chi connectivity index (χ3v) is 15.8. The summed E-state index contributed by atoms with van der Waals surface area (Å²) in [5, 5.41) is 3.48. The van der Waals surface area contributed by atoms with E-state index in [-0.39, 0.29) is 40.2 Å². The van der Waals surface area contributed by atoms with Gasteiger partial charge in [0.25, 0.3) is 5.56 Å². The average molecular weight is 844 g/mol. The summed E-state index contributed by atoms with van der Waals surface area (Å²) in [6.07, 6.45) is 17.3. The lowest BCUT2D eigenvalue weighted by Gasteiger charge is -2.40. The Morgan fingerprint density at radius 1 is 0.820 bits per heavy atom. The van der Waals surface area contributed by atoms with Gasteiger partial charge in [0.05, 0.1) is 32.9 Å². The largest absolute Gasteiger partial charge is 0.487 e. The highest BCUT2D eigenvalue weighted by Gasteiger charge is 2.47. The van der Waals surface area contributed by atoms with E-state index in [0.717, 1.165) is 99.3 Å². The van der Waals surface area contributed by atoms with E-state index in [1.165, 1.54) is 68.2 Å². The van der Waals surface area contributed by atoms with Crippen molar-refractivity contribution in [2.75, 3.05) is 33.2 Å². The number of amides is 3. The molecule has 5 fully saturated rings. The predicted octanol–water partition coefficient (Wildman–Crippen LogP) is 8.50. The second kappa shape index (κ2) is 16.3. The van der Waals surface area contributed by atoms with E-state index in [4.69, 9.17) is 21.3 Å². The highest BCUT2D eigenvalue weighted by atomic mass is 35.5. The highest BCUT2D eigenvalue weighted by molar-refractivity contribution is 6.35. The first-order valence-electron chi connectivity index (χ1n) is 23.1. The standard InChI is InChI=1S/C26H28ClN3O.C24H30N2O4/c1-29-14-10-17(11-15-29)18-8-9-19-22(16-18)30-21-7-5-6-20(27)23(21)24(31)28-25(30)26(19)12-3-2-4-13-26;27-21-9-7-19(22(28)25-21)17-6-8-20-18(14-17)15-24(30-20)10-12-26(13-11-24)23(29)16-4-2-1-3-5-16/h5-9,16-17H,2-4,10-15H2,1H3;6,8,14,16,19H,1-5,7,9-13,15H2,(H,25,27,28). The quantitative estimate of drug-likeness (QED) is 0.206. The molecule has 4 aromatic rings. The van der Waals surface area contributed by atoms with Crippen LogP contribution in [0, 0.1) is 5.92 Å². The van der Waals surface area contributed by atoms with Crippen LogP contribution in [0.1, 0.15) is 143 Å². The molecule has 61 heavy (non-hydrogen) atoms. The summed E-state index contributed by atoms with van der Waals surface area (Å²) in [5.74, 6) is 2.35. The number of likely N-dealkylation sites (tertiary alicyclic amines) is 2. The monoisotopic (exact) mass is 843 g/mol. The second-order valence-electron chi connectivity index (χ2n) is 19.2. The van der Waals surface area contributed by atoms with Crippen LogP contribution in [0.25, 0.3) is 16.6 Å². The lowest BCUT2D eigenvalue weighted by atomic mass is 9.69. The zero-order valence-electron chi connectivity index (χ0n) is 35.5. The minimum atomic E-state index is -0.264. The molecule has 0 bridgehead atoms. The Labute approximate surface area is 363 Å². The first-order chi connectivity index (χ1) is 29.6. The van der Waals surface area contributed by atoms with Crippen LogP contribution in [-0.4, -0.2) is 75.9 Å². The zero-order chi connectivity index (χ0) is 41.9. The van der Waals surface area contributed by atoms with Crippen molar-refractivity contribution in [1.29, 1.82) is 0 Å². The molecule has 11 heteroatoms. The Bertz CT molecular complexity index is 2430. The van der Waals surface area contributed by atoms with Crippen molar-refractivity contribution < 1.29 is 19.1 Å². The van der Waals surface area contributed by atoms with Gasteiger partial charge >= 0.3 is 0 Å². The molecule has 1 unspecified atom stereocenters. The summed E-state index contributed by atoms with van der Waals surface area (Å²) in [7, 11) is 2.21. The fourth-order valence-electron chi connectivity index (χ4n) is 12.0. The predicted molar refractivity (Wildman–Crippen MR) is 237 cm³/mol. The number of fused-ring (bicyclic) bond motifs is 8. The summed E-state index contributed by atoms with van der Waals surface area (Å²) in [5.41, 5.74) is 6.42. The smallest absolute Gasteiger partial charge is 0.282 e. The summed E-state index contributed by atoms with van der Waals surface area (Å²) in [6.45, 7) is 3.83. The zero-order valence-corrected chi connectivity index (χ0v) is 36.2. The van der Waals surface area contributed by atoms with Gasteiger partial charge in [0.15, 0.2) is 0 Å². The normalized spacial score (nSPS) is 23.5. The van der Waals surface area contributed by atoms with E-state index >= 15 is 0 Å². The Morgan fingerprint density at radius 2 is 1.56 bits per heavy atom. The highest BCUT2D eigenvalue weighted by Crippen LogP contribution is 2.52. The van der Waals surface area contributed by atoms with Gasteiger partial charge < -0.3 is 14.5 Å². The fraction of sp³-hybridized carbons (Fsp3) is 0.540. The van der Waals surface area contributed by atoms with Crippen LogP contribution in [-0.2, 0) is 26.2 Å². The summed E-state index contributed by atoms with van der Waals surface area (Å²) < 4.78 is 8.67. The Hall–Kier alpha value is -4.54. The molecular weight excluding hydrogens is 786 g/mol. The Balaban J connectivity index is 0.000000146. The summed E-state index contributed by atoms with van der Waals surface area (Å²) >= 11 is 6.48. The molecule has 1 atom stereocenters. The molecule has 6 heterocycles. The number of hydrogen-bond acceptors (Lipinski definition) is 7. The molecule has 1 N–H and O–H groups in total. The van der Waals surface area contributed by atoms with Crippen molar-refractivity contribution in [3.63, 3.8) is 0 Å². The number of nitrogens with one attached hydrogen (secondary N) is 1. The Morgan fingerprint density at radius 3 is 2.31 bits per heavy atom. The SMILES string of the molecule is CN1CCC(c2ccc3c(c2)-n2c(nc(=O)c4c(Cl)cccc42)C32CCCCC2)CC1.O=C1CCC(c2ccc3c(c2)CC2(CCN(C(=O)C4CCCCC4)CC2)O3)C(=O)N1. The van der Waals surface area contributed by atoms with Crippen molar-refractivity contribution in [2.24, 2.45) is 5.92 Å². The van der Waals surface area contributed by atoms with E-state index < -0.39 is 0 Å². The molecule has 5 aliphatic heterocycles. The van der Waals surface area contributed by atoms with E-state index in [9.17, 15) is 19.2 Å². The van der Waals surface area contributed by atoms with Gasteiger partial charge in [-0.25, -0.2) is 0 Å². The summed E-state index contributed by atoms with van der Waals surface area (Å²) in [4.78, 5) is 58.8. The number of piperidine rings is 3. The van der Waals surface area contributed by atoms with Gasteiger partial charge in [0.1, 0.15) is 17.2 Å². The molecule has 1 aromatic heterocycles. The number of ether oxygens (including phenoxy) is 1. The minimum Gasteiger partial charge on any atom is -0.487 e. The van der Waals surface area contributed by atoms with Crippen molar-refractivity contribution in [2.45, 2.75) is 132 Å². The van der Waals surface area contributed by atoms with Gasteiger partial charge in [-0.15, -0.1) is 0 Å². The van der Waals surface area contributed by atoms with E-state index in [1.54, 1.807) is 6.07 Å². The van der Waals surface area contributed by atoms with Gasteiger partial charge in [-0.3, -0.25) is 29.1 Å². The summed E-state index contributed by atoms with van der Waals surface area (Å²) in [6, 6.07) is 18.9. The van der Waals surface area contributed by atoms with Gasteiger partial charge in [-0.2, -0.15) is 4.98 Å². The molecule has 3 aromatic carbocycles. The van der Waals surface area contributed by atoms with Crippen LogP contribution >= 0.6 is 11.6 Å². The van der Waals surface area contributed by atoms with Gasteiger partial charge in [-0.05, 0) is 118 Å². The maximum Gasteiger partial charge on any atom is 0.282 e. The average Bonchev–Trinajstić information content (AvgIpc) is 3.76. The van der Waals surface area contributed by atoms with Crippen LogP contribution in [0.4, 0.5) is 0 Å². The maximum absolute atomic E-state index is 13.1. The molecule has 3 saturated heterocycles. The molecule has 2 saturated carbocycles. The minimum absolute atomic E-state index is 0.144. The van der Waals surface area contributed by atoms with Crippen molar-refractivity contribution in [1.82, 2.24) is 24.7 Å². The molecule has 7 aliphatic rings. The lowest BCUT2D eigenvalue weighted by Crippen LogP contribution is -2.50. The number of rotatable bonds is 3. The molecule has 2 spiro atoms. The number of benzene rings is 3. The number of aromatic nitrogens is 2. The first kappa shape index (κ1) is 40.5. The third-order valence-electron chi connectivity index (χ3n) is 15.5. The molecular formula is C50H58ClN5O5. The van der Waals surface area contributed by atoms with E-state index in [1.807, 2.05) is 24.3 Å². The number of hydrogen-bond donors (Lipinski definition) is 1. The number of carbonyl (C=O) groups is 3. The van der Waals surface area contributed by atoms with Gasteiger partial charge in [0.2, 0.25) is 17.7 Å². The molecule has 2 aliphatic carbocycles. The number of halogens is 1. The number of nitrogens with zero attached hydrogens (tertiary/aromatic N) is 4. The topological polar surface area (TPSA) is 114 Å². The number of imide groups is 1. The van der Waals surface area contributed by atoms with Gasteiger partial charge in [0, 0.05) is 44.7 Å². The Kier molecular flexibility index (Phi) is 10.8. The molecule has 3 amide bonds. The van der Waals surface area contributed by atoms with E-state index in [0.29, 0.717) is 35.1 Å². The fourth-order valence-corrected chi connectivity index (χ4v) is 12.2. The van der Waals surface area contributed by atoms with Crippen molar-refractivity contribution in [3.8, 4) is 11.4 Å². The third kappa shape index (κ3) is 7.39. The molecule has 11 rings (SSSR count). The molecule has 0 radical (unpaired) electrons. The molecule has 320 valence electrons. The molecule has 10 nitrogen and oxygen atoms in total. The van der Waals surface area contributed by atoms with Crippen LogP contribution in [0.3, 0.4) is 0 Å². The van der Waals surface area contributed by atoms with Crippen LogP contribution in [0.5, 0.6) is 5.75 Å².